The molecule has 1 aromatic carbocycles. The molecule has 0 N–H and O–H groups in total. The molecule has 0 radical (unpaired) electrons. The highest BCUT2D eigenvalue weighted by molar-refractivity contribution is 9.10. The van der Waals surface area contributed by atoms with Gasteiger partial charge in [-0.2, -0.15) is 0 Å². The van der Waals surface area contributed by atoms with E-state index in [4.69, 9.17) is 55.9 Å². The number of benzene rings is 1. The normalized spacial score (nSPS) is 23.4. The van der Waals surface area contributed by atoms with E-state index in [9.17, 15) is 14.4 Å². The summed E-state index contributed by atoms with van der Waals surface area (Å²) >= 11 is 28.1. The Morgan fingerprint density at radius 3 is 2.53 bits per heavy atom. The van der Waals surface area contributed by atoms with Crippen molar-refractivity contribution in [1.29, 1.82) is 0 Å². The Bertz CT molecular complexity index is 1000. The number of alkyl halides is 4. The standard InChI is InChI=1S/C19H15BrCl4N2O5S/c1-10(27)30-7-12-8-32-17-19(20,25-14(21)11-5-3-2-4-6-11)16(29)26(17)13(12)15(28)31-9-18(22,23)24/h2-6,17H,7-9H2,1H3/t17-,19?/m1/s1. The molecule has 1 amide bonds. The largest absolute Gasteiger partial charge is 0.461 e. The first-order chi connectivity index (χ1) is 14.9. The van der Waals surface area contributed by atoms with E-state index in [0.717, 1.165) is 0 Å². The van der Waals surface area contributed by atoms with Gasteiger partial charge in [-0.25, -0.2) is 9.79 Å². The van der Waals surface area contributed by atoms with E-state index in [2.05, 4.69) is 20.9 Å². The topological polar surface area (TPSA) is 85.3 Å². The van der Waals surface area contributed by atoms with E-state index >= 15 is 0 Å². The molecule has 0 aromatic heterocycles. The summed E-state index contributed by atoms with van der Waals surface area (Å²) in [5, 5.41) is -0.477. The number of fused-ring (bicyclic) bond motifs is 1. The van der Waals surface area contributed by atoms with E-state index in [0.29, 0.717) is 11.1 Å². The molecule has 2 aliphatic rings. The summed E-state index contributed by atoms with van der Waals surface area (Å²) in [6.07, 6.45) is 0. The summed E-state index contributed by atoms with van der Waals surface area (Å²) in [5.74, 6) is -1.69. The van der Waals surface area contributed by atoms with Crippen LogP contribution in [0.3, 0.4) is 0 Å². The third kappa shape index (κ3) is 5.56. The third-order valence-corrected chi connectivity index (χ3v) is 7.62. The van der Waals surface area contributed by atoms with Crippen LogP contribution >= 0.6 is 74.1 Å². The molecule has 0 spiro atoms. The molecule has 0 saturated carbocycles. The van der Waals surface area contributed by atoms with Gasteiger partial charge < -0.3 is 9.47 Å². The minimum atomic E-state index is -1.83. The van der Waals surface area contributed by atoms with Gasteiger partial charge in [-0.1, -0.05) is 76.7 Å². The molecule has 1 fully saturated rings. The first kappa shape index (κ1) is 25.6. The molecule has 3 rings (SSSR count). The summed E-state index contributed by atoms with van der Waals surface area (Å²) in [6.45, 7) is 0.511. The van der Waals surface area contributed by atoms with Crippen LogP contribution in [0.5, 0.6) is 0 Å². The van der Waals surface area contributed by atoms with Gasteiger partial charge in [0.25, 0.3) is 5.91 Å². The summed E-state index contributed by atoms with van der Waals surface area (Å²) in [5.41, 5.74) is 0.945. The van der Waals surface area contributed by atoms with Gasteiger partial charge in [-0.05, 0) is 15.9 Å². The molecule has 2 aliphatic heterocycles. The van der Waals surface area contributed by atoms with Crippen molar-refractivity contribution in [1.82, 2.24) is 4.90 Å². The molecule has 1 aromatic rings. The zero-order valence-corrected chi connectivity index (χ0v) is 21.7. The minimum absolute atomic E-state index is 0.0737. The van der Waals surface area contributed by atoms with Crippen molar-refractivity contribution >= 4 is 97.1 Å². The highest BCUT2D eigenvalue weighted by Crippen LogP contribution is 2.52. The molecule has 2 atom stereocenters. The summed E-state index contributed by atoms with van der Waals surface area (Å²) < 4.78 is 6.90. The zero-order chi connectivity index (χ0) is 23.7. The quantitative estimate of drug-likeness (QED) is 0.157. The van der Waals surface area contributed by atoms with Crippen LogP contribution in [0.25, 0.3) is 0 Å². The lowest BCUT2D eigenvalue weighted by Crippen LogP contribution is -2.70. The molecule has 13 heteroatoms. The maximum atomic E-state index is 13.2. The molecular weight excluding hydrogens is 590 g/mol. The Kier molecular flexibility index (Phi) is 8.10. The van der Waals surface area contributed by atoms with Crippen molar-refractivity contribution in [3.05, 3.63) is 47.2 Å². The van der Waals surface area contributed by atoms with E-state index in [1.807, 2.05) is 6.07 Å². The van der Waals surface area contributed by atoms with Gasteiger partial charge >= 0.3 is 11.9 Å². The Hall–Kier alpha value is -0.970. The van der Waals surface area contributed by atoms with Gasteiger partial charge in [0.15, 0.2) is 0 Å². The first-order valence-corrected chi connectivity index (χ1v) is 12.3. The smallest absolute Gasteiger partial charge is 0.355 e. The maximum absolute atomic E-state index is 13.2. The molecule has 0 aliphatic carbocycles. The van der Waals surface area contributed by atoms with Crippen LogP contribution < -0.4 is 0 Å². The number of thioether (sulfide) groups is 1. The Morgan fingerprint density at radius 2 is 1.94 bits per heavy atom. The van der Waals surface area contributed by atoms with E-state index < -0.39 is 38.1 Å². The van der Waals surface area contributed by atoms with Gasteiger partial charge in [0.1, 0.15) is 29.5 Å². The van der Waals surface area contributed by atoms with Crippen LogP contribution in [-0.4, -0.2) is 60.5 Å². The van der Waals surface area contributed by atoms with Crippen molar-refractivity contribution in [2.45, 2.75) is 20.5 Å². The van der Waals surface area contributed by atoms with E-state index in [1.54, 1.807) is 24.3 Å². The predicted molar refractivity (Wildman–Crippen MR) is 128 cm³/mol. The van der Waals surface area contributed by atoms with E-state index in [-0.39, 0.29) is 23.2 Å². The number of carbonyl (C=O) groups is 3. The second-order valence-corrected chi connectivity index (χ2v) is 11.9. The lowest BCUT2D eigenvalue weighted by atomic mass is 10.0. The van der Waals surface area contributed by atoms with Gasteiger partial charge in [-0.3, -0.25) is 14.5 Å². The first-order valence-electron chi connectivity index (χ1n) is 8.98. The van der Waals surface area contributed by atoms with Gasteiger partial charge in [0.2, 0.25) is 8.24 Å². The number of rotatable bonds is 6. The fourth-order valence-electron chi connectivity index (χ4n) is 2.95. The molecule has 1 saturated heterocycles. The number of esters is 2. The van der Waals surface area contributed by atoms with Crippen molar-refractivity contribution in [2.24, 2.45) is 4.99 Å². The number of hydrogen-bond acceptors (Lipinski definition) is 7. The molecule has 1 unspecified atom stereocenters. The maximum Gasteiger partial charge on any atom is 0.355 e. The fourth-order valence-corrected chi connectivity index (χ4v) is 5.75. The fraction of sp³-hybridized carbons (Fsp3) is 0.368. The Balaban J connectivity index is 1.91. The van der Waals surface area contributed by atoms with E-state index in [1.165, 1.54) is 23.6 Å². The molecule has 2 heterocycles. The second kappa shape index (κ2) is 10.1. The number of β-lactam (4-membered cyclic amide) rings is 1. The zero-order valence-electron chi connectivity index (χ0n) is 16.3. The number of ether oxygens (including phenoxy) is 2. The number of carbonyl (C=O) groups excluding carboxylic acids is 3. The molecule has 7 nitrogen and oxygen atoms in total. The van der Waals surface area contributed by atoms with Crippen LogP contribution in [0.1, 0.15) is 12.5 Å². The average Bonchev–Trinajstić information content (AvgIpc) is 2.74. The third-order valence-electron chi connectivity index (χ3n) is 4.35. The number of amides is 1. The lowest BCUT2D eigenvalue weighted by Gasteiger charge is -2.52. The van der Waals surface area contributed by atoms with Crippen molar-refractivity contribution < 1.29 is 23.9 Å². The van der Waals surface area contributed by atoms with Crippen LogP contribution in [0, 0.1) is 0 Å². The highest BCUT2D eigenvalue weighted by atomic mass is 79.9. The lowest BCUT2D eigenvalue weighted by molar-refractivity contribution is -0.152. The second-order valence-electron chi connectivity index (χ2n) is 6.70. The number of hydrogen-bond donors (Lipinski definition) is 0. The molecule has 32 heavy (non-hydrogen) atoms. The van der Waals surface area contributed by atoms with Gasteiger partial charge in [-0.15, -0.1) is 11.8 Å². The van der Waals surface area contributed by atoms with Crippen LogP contribution in [-0.2, 0) is 23.9 Å². The summed E-state index contributed by atoms with van der Waals surface area (Å²) in [6, 6.07) is 8.93. The van der Waals surface area contributed by atoms with Gasteiger partial charge in [0.05, 0.1) is 0 Å². The number of nitrogens with zero attached hydrogens (tertiary/aromatic N) is 2. The van der Waals surface area contributed by atoms with Gasteiger partial charge in [0, 0.05) is 23.8 Å². The highest BCUT2D eigenvalue weighted by Gasteiger charge is 2.64. The Morgan fingerprint density at radius 1 is 1.28 bits per heavy atom. The van der Waals surface area contributed by atoms with Crippen LogP contribution in [0.4, 0.5) is 0 Å². The van der Waals surface area contributed by atoms with Crippen LogP contribution in [0.15, 0.2) is 46.6 Å². The number of aliphatic imine (C=N–C) groups is 1. The van der Waals surface area contributed by atoms with Crippen LogP contribution in [0.2, 0.25) is 0 Å². The summed E-state index contributed by atoms with van der Waals surface area (Å²) in [4.78, 5) is 42.8. The monoisotopic (exact) mass is 602 g/mol. The molecule has 0 bridgehead atoms. The SMILES string of the molecule is CC(=O)OCC1=C(C(=O)OCC(Cl)(Cl)Cl)N2C(=O)C(Br)(N=C(Cl)c3ccccc3)[C@H]2SC1. The van der Waals surface area contributed by atoms with Crippen molar-refractivity contribution in [2.75, 3.05) is 19.0 Å². The predicted octanol–water partition coefficient (Wildman–Crippen LogP) is 4.41. The number of halogens is 5. The molecular formula is C19H15BrCl4N2O5S. The Labute approximate surface area is 216 Å². The van der Waals surface area contributed by atoms with Crippen molar-refractivity contribution in [3.8, 4) is 0 Å². The average molecular weight is 605 g/mol. The minimum Gasteiger partial charge on any atom is -0.461 e. The summed E-state index contributed by atoms with van der Waals surface area (Å²) in [7, 11) is 0. The van der Waals surface area contributed by atoms with Crippen molar-refractivity contribution in [3.63, 3.8) is 0 Å². The molecule has 172 valence electrons.